The molecular weight excluding hydrogens is 250 g/mol. The van der Waals surface area contributed by atoms with Crippen LogP contribution in [0.4, 0.5) is 11.4 Å². The molecule has 0 aliphatic heterocycles. The average Bonchev–Trinajstić information content (AvgIpc) is 2.43. The van der Waals surface area contributed by atoms with E-state index in [-0.39, 0.29) is 5.91 Å². The Morgan fingerprint density at radius 2 is 2.05 bits per heavy atom. The van der Waals surface area contributed by atoms with Gasteiger partial charge in [-0.25, -0.2) is 0 Å². The molecule has 0 spiro atoms. The van der Waals surface area contributed by atoms with E-state index in [9.17, 15) is 4.79 Å². The molecule has 0 bridgehead atoms. The number of hydrogen-bond acceptors (Lipinski definition) is 3. The molecule has 0 saturated carbocycles. The highest BCUT2D eigenvalue weighted by Gasteiger charge is 2.09. The van der Waals surface area contributed by atoms with Gasteiger partial charge in [-0.3, -0.25) is 9.69 Å². The summed E-state index contributed by atoms with van der Waals surface area (Å²) in [5, 5.41) is 2.91. The van der Waals surface area contributed by atoms with Crippen molar-refractivity contribution in [2.24, 2.45) is 0 Å². The summed E-state index contributed by atoms with van der Waals surface area (Å²) in [5.74, 6) is 0.0200. The normalized spacial score (nSPS) is 10.8. The van der Waals surface area contributed by atoms with Crippen LogP contribution in [0.15, 0.2) is 18.2 Å². The summed E-state index contributed by atoms with van der Waals surface area (Å²) in [6.07, 6.45) is 3.17. The second kappa shape index (κ2) is 8.59. The third-order valence-corrected chi connectivity index (χ3v) is 3.45. The van der Waals surface area contributed by atoms with Gasteiger partial charge in [0, 0.05) is 11.4 Å². The molecule has 0 heterocycles. The third kappa shape index (κ3) is 5.21. The van der Waals surface area contributed by atoms with Crippen LogP contribution in [0, 0.1) is 0 Å². The number of carbonyl (C=O) groups is 1. The lowest BCUT2D eigenvalue weighted by Crippen LogP contribution is -2.33. The number of unbranched alkanes of at least 4 members (excludes halogenated alkanes) is 1. The lowest BCUT2D eigenvalue weighted by Gasteiger charge is -2.19. The number of carbonyl (C=O) groups excluding carboxylic acids is 1. The van der Waals surface area contributed by atoms with Gasteiger partial charge >= 0.3 is 0 Å². The van der Waals surface area contributed by atoms with Crippen LogP contribution in [0.1, 0.15) is 39.2 Å². The van der Waals surface area contributed by atoms with Crippen LogP contribution in [0.3, 0.4) is 0 Å². The van der Waals surface area contributed by atoms with Gasteiger partial charge in [0.15, 0.2) is 0 Å². The van der Waals surface area contributed by atoms with Crippen molar-refractivity contribution >= 4 is 17.3 Å². The lowest BCUT2D eigenvalue weighted by atomic mass is 10.1. The van der Waals surface area contributed by atoms with E-state index in [0.29, 0.717) is 6.54 Å². The summed E-state index contributed by atoms with van der Waals surface area (Å²) >= 11 is 0. The Bertz CT molecular complexity index is 432. The van der Waals surface area contributed by atoms with Crippen LogP contribution in [0.25, 0.3) is 0 Å². The van der Waals surface area contributed by atoms with Gasteiger partial charge in [-0.2, -0.15) is 0 Å². The fourth-order valence-corrected chi connectivity index (χ4v) is 2.13. The summed E-state index contributed by atoms with van der Waals surface area (Å²) in [6, 6.07) is 5.72. The lowest BCUT2D eigenvalue weighted by molar-refractivity contribution is -0.117. The minimum atomic E-state index is 0.0200. The van der Waals surface area contributed by atoms with E-state index < -0.39 is 0 Å². The number of hydrogen-bond donors (Lipinski definition) is 2. The molecular formula is C16H27N3O. The molecule has 0 fully saturated rings. The van der Waals surface area contributed by atoms with Crippen molar-refractivity contribution in [3.63, 3.8) is 0 Å². The maximum atomic E-state index is 12.0. The van der Waals surface area contributed by atoms with Crippen molar-refractivity contribution in [2.45, 2.75) is 40.0 Å². The summed E-state index contributed by atoms with van der Waals surface area (Å²) in [5.41, 5.74) is 8.56. The molecule has 1 aromatic rings. The maximum absolute atomic E-state index is 12.0. The minimum Gasteiger partial charge on any atom is -0.398 e. The van der Waals surface area contributed by atoms with Crippen LogP contribution in [0.5, 0.6) is 0 Å². The Kier molecular flexibility index (Phi) is 7.09. The maximum Gasteiger partial charge on any atom is 0.238 e. The first-order valence-corrected chi connectivity index (χ1v) is 7.51. The fraction of sp³-hybridized carbons (Fsp3) is 0.562. The van der Waals surface area contributed by atoms with E-state index in [2.05, 4.69) is 31.0 Å². The summed E-state index contributed by atoms with van der Waals surface area (Å²) < 4.78 is 0. The van der Waals surface area contributed by atoms with Gasteiger partial charge in [0.1, 0.15) is 0 Å². The van der Waals surface area contributed by atoms with E-state index in [1.54, 1.807) is 0 Å². The van der Waals surface area contributed by atoms with Gasteiger partial charge < -0.3 is 11.1 Å². The van der Waals surface area contributed by atoms with Crippen LogP contribution >= 0.6 is 0 Å². The highest BCUT2D eigenvalue weighted by molar-refractivity contribution is 5.92. The largest absolute Gasteiger partial charge is 0.398 e. The Morgan fingerprint density at radius 1 is 1.30 bits per heavy atom. The second-order valence-electron chi connectivity index (χ2n) is 5.04. The molecule has 0 saturated heterocycles. The molecule has 0 aliphatic carbocycles. The first-order valence-electron chi connectivity index (χ1n) is 7.51. The number of anilines is 2. The van der Waals surface area contributed by atoms with Crippen molar-refractivity contribution in [1.82, 2.24) is 4.90 Å². The molecule has 20 heavy (non-hydrogen) atoms. The standard InChI is InChI=1S/C16H27N3O/c1-4-7-10-19(6-3)12-16(20)18-14-9-8-13(5-2)15(17)11-14/h8-9,11H,4-7,10,12,17H2,1-3H3,(H,18,20). The topological polar surface area (TPSA) is 58.4 Å². The van der Waals surface area contributed by atoms with E-state index in [4.69, 9.17) is 5.73 Å². The first-order chi connectivity index (χ1) is 9.60. The molecule has 0 atom stereocenters. The van der Waals surface area contributed by atoms with E-state index in [1.807, 2.05) is 18.2 Å². The number of nitrogens with zero attached hydrogens (tertiary/aromatic N) is 1. The van der Waals surface area contributed by atoms with Crippen molar-refractivity contribution < 1.29 is 4.79 Å². The summed E-state index contributed by atoms with van der Waals surface area (Å²) in [6.45, 7) is 8.60. The van der Waals surface area contributed by atoms with Crippen molar-refractivity contribution in [3.8, 4) is 0 Å². The molecule has 0 aromatic heterocycles. The number of benzene rings is 1. The van der Waals surface area contributed by atoms with Gasteiger partial charge in [0.05, 0.1) is 6.54 Å². The van der Waals surface area contributed by atoms with E-state index in [1.165, 1.54) is 0 Å². The van der Waals surface area contributed by atoms with E-state index >= 15 is 0 Å². The van der Waals surface area contributed by atoms with Crippen molar-refractivity contribution in [1.29, 1.82) is 0 Å². The molecule has 112 valence electrons. The Labute approximate surface area is 122 Å². The highest BCUT2D eigenvalue weighted by Crippen LogP contribution is 2.18. The van der Waals surface area contributed by atoms with Gasteiger partial charge in [-0.05, 0) is 43.6 Å². The number of likely N-dealkylation sites (N-methyl/N-ethyl adjacent to an activating group) is 1. The SMILES string of the molecule is CCCCN(CC)CC(=O)Nc1ccc(CC)c(N)c1. The Morgan fingerprint density at radius 3 is 2.60 bits per heavy atom. The van der Waals surface area contributed by atoms with Gasteiger partial charge in [0.2, 0.25) is 5.91 Å². The molecule has 0 unspecified atom stereocenters. The van der Waals surface area contributed by atoms with Gasteiger partial charge in [0.25, 0.3) is 0 Å². The molecule has 4 heteroatoms. The molecule has 0 aliphatic rings. The zero-order valence-corrected chi connectivity index (χ0v) is 12.9. The molecule has 1 rings (SSSR count). The number of nitrogen functional groups attached to an aromatic ring is 1. The quantitative estimate of drug-likeness (QED) is 0.718. The first kappa shape index (κ1) is 16.5. The predicted molar refractivity (Wildman–Crippen MR) is 85.9 cm³/mol. The zero-order valence-electron chi connectivity index (χ0n) is 12.9. The van der Waals surface area contributed by atoms with Crippen LogP contribution in [-0.2, 0) is 11.2 Å². The molecule has 0 radical (unpaired) electrons. The number of nitrogens with two attached hydrogens (primary N) is 1. The number of nitrogens with one attached hydrogen (secondary N) is 1. The van der Waals surface area contributed by atoms with Gasteiger partial charge in [-0.1, -0.05) is 33.3 Å². The Hall–Kier alpha value is -1.55. The highest BCUT2D eigenvalue weighted by atomic mass is 16.2. The molecule has 1 aromatic carbocycles. The van der Waals surface area contributed by atoms with Gasteiger partial charge in [-0.15, -0.1) is 0 Å². The molecule has 3 N–H and O–H groups in total. The second-order valence-corrected chi connectivity index (χ2v) is 5.04. The third-order valence-electron chi connectivity index (χ3n) is 3.45. The number of aryl methyl sites for hydroxylation is 1. The van der Waals surface area contributed by atoms with Crippen LogP contribution in [0.2, 0.25) is 0 Å². The summed E-state index contributed by atoms with van der Waals surface area (Å²) in [4.78, 5) is 14.2. The van der Waals surface area contributed by atoms with Crippen LogP contribution < -0.4 is 11.1 Å². The van der Waals surface area contributed by atoms with Crippen molar-refractivity contribution in [2.75, 3.05) is 30.7 Å². The zero-order chi connectivity index (χ0) is 15.0. The van der Waals surface area contributed by atoms with Crippen molar-refractivity contribution in [3.05, 3.63) is 23.8 Å². The number of rotatable bonds is 8. The smallest absolute Gasteiger partial charge is 0.238 e. The predicted octanol–water partition coefficient (Wildman–Crippen LogP) is 2.89. The minimum absolute atomic E-state index is 0.0200. The molecule has 1 amide bonds. The van der Waals surface area contributed by atoms with Crippen LogP contribution in [-0.4, -0.2) is 30.4 Å². The Balaban J connectivity index is 2.54. The summed E-state index contributed by atoms with van der Waals surface area (Å²) in [7, 11) is 0. The van der Waals surface area contributed by atoms with E-state index in [0.717, 1.165) is 49.3 Å². The fourth-order valence-electron chi connectivity index (χ4n) is 2.13. The number of amides is 1. The average molecular weight is 277 g/mol. The molecule has 4 nitrogen and oxygen atoms in total. The monoisotopic (exact) mass is 277 g/mol.